The van der Waals surface area contributed by atoms with E-state index < -0.39 is 11.6 Å². The highest BCUT2D eigenvalue weighted by atomic mass is 16.5. The highest BCUT2D eigenvalue weighted by molar-refractivity contribution is 4.79. The van der Waals surface area contributed by atoms with Crippen molar-refractivity contribution in [3.8, 4) is 0 Å². The summed E-state index contributed by atoms with van der Waals surface area (Å²) >= 11 is 0. The third-order valence-corrected chi connectivity index (χ3v) is 1.18. The van der Waals surface area contributed by atoms with Gasteiger partial charge in [-0.3, -0.25) is 11.5 Å². The molecule has 0 fully saturated rings. The maximum Gasteiger partial charge on any atom is 0.264 e. The molecule has 5 heteroatoms. The number of aliphatic hydroxyl groups is 3. The van der Waals surface area contributed by atoms with Gasteiger partial charge in [-0.25, -0.2) is 0 Å². The van der Waals surface area contributed by atoms with Gasteiger partial charge in [0.2, 0.25) is 0 Å². The topological polar surface area (TPSA) is 113 Å². The first kappa shape index (κ1) is 8.80. The molecule has 0 spiro atoms. The first-order valence-electron chi connectivity index (χ1n) is 2.56. The van der Waals surface area contributed by atoms with Gasteiger partial charge in [0.25, 0.3) is 5.91 Å². The van der Waals surface area contributed by atoms with E-state index >= 15 is 0 Å². The Morgan fingerprint density at radius 2 is 1.56 bits per heavy atom. The molecule has 7 N–H and O–H groups in total. The molecular formula is C4H12N2O3. The molecule has 0 saturated heterocycles. The second-order valence-electron chi connectivity index (χ2n) is 2.00. The highest BCUT2D eigenvalue weighted by Gasteiger charge is 2.40. The summed E-state index contributed by atoms with van der Waals surface area (Å²) in [6.45, 7) is 1.48. The zero-order chi connectivity index (χ0) is 7.71. The maximum absolute atomic E-state index is 8.81. The van der Waals surface area contributed by atoms with Crippen LogP contribution in [0.15, 0.2) is 0 Å². The lowest BCUT2D eigenvalue weighted by Gasteiger charge is -2.31. The Labute approximate surface area is 52.9 Å². The van der Waals surface area contributed by atoms with Crippen molar-refractivity contribution >= 4 is 0 Å². The van der Waals surface area contributed by atoms with Gasteiger partial charge in [0.1, 0.15) is 0 Å². The predicted octanol–water partition coefficient (Wildman–Crippen LogP) is -2.36. The van der Waals surface area contributed by atoms with E-state index in [9.17, 15) is 0 Å². The van der Waals surface area contributed by atoms with Gasteiger partial charge in [-0.15, -0.1) is 0 Å². The molecule has 0 bridgehead atoms. The lowest BCUT2D eigenvalue weighted by atomic mass is 10.1. The van der Waals surface area contributed by atoms with Crippen molar-refractivity contribution < 1.29 is 15.3 Å². The summed E-state index contributed by atoms with van der Waals surface area (Å²) in [5.74, 6) is -2.72. The van der Waals surface area contributed by atoms with Crippen LogP contribution < -0.4 is 11.5 Å². The second kappa shape index (κ2) is 2.20. The van der Waals surface area contributed by atoms with E-state index in [1.807, 2.05) is 0 Å². The molecule has 1 atom stereocenters. The maximum atomic E-state index is 8.81. The molecule has 0 aliphatic rings. The van der Waals surface area contributed by atoms with Gasteiger partial charge in [-0.05, 0) is 6.42 Å². The number of hydrogen-bond acceptors (Lipinski definition) is 5. The molecule has 0 rings (SSSR count). The summed E-state index contributed by atoms with van der Waals surface area (Å²) in [6, 6.07) is 0. The minimum Gasteiger partial charge on any atom is -0.370 e. The summed E-state index contributed by atoms with van der Waals surface area (Å²) in [4.78, 5) is 0. The van der Waals surface area contributed by atoms with E-state index in [-0.39, 0.29) is 6.42 Å². The predicted molar refractivity (Wildman–Crippen MR) is 30.8 cm³/mol. The average molecular weight is 136 g/mol. The Morgan fingerprint density at radius 3 is 1.56 bits per heavy atom. The van der Waals surface area contributed by atoms with Gasteiger partial charge in [0.05, 0.1) is 0 Å². The molecule has 1 unspecified atom stereocenters. The molecule has 5 nitrogen and oxygen atoms in total. The summed E-state index contributed by atoms with van der Waals surface area (Å²) < 4.78 is 0. The number of hydrogen-bond donors (Lipinski definition) is 5. The number of rotatable bonds is 2. The third kappa shape index (κ3) is 1.88. The zero-order valence-electron chi connectivity index (χ0n) is 5.20. The van der Waals surface area contributed by atoms with Gasteiger partial charge < -0.3 is 15.3 Å². The first-order chi connectivity index (χ1) is 3.81. The van der Waals surface area contributed by atoms with Crippen molar-refractivity contribution in [1.29, 1.82) is 0 Å². The molecule has 56 valence electrons. The lowest BCUT2D eigenvalue weighted by molar-refractivity contribution is -0.270. The van der Waals surface area contributed by atoms with Crippen LogP contribution in [0, 0.1) is 0 Å². The van der Waals surface area contributed by atoms with Crippen molar-refractivity contribution in [3.05, 3.63) is 0 Å². The SMILES string of the molecule is CCC(N)(O)C(N)(O)O. The van der Waals surface area contributed by atoms with E-state index in [2.05, 4.69) is 5.73 Å². The highest BCUT2D eigenvalue weighted by Crippen LogP contribution is 2.10. The monoisotopic (exact) mass is 136 g/mol. The second-order valence-corrected chi connectivity index (χ2v) is 2.00. The van der Waals surface area contributed by atoms with Crippen LogP contribution in [-0.4, -0.2) is 27.0 Å². The van der Waals surface area contributed by atoms with E-state index in [1.165, 1.54) is 6.92 Å². The molecule has 0 aromatic rings. The van der Waals surface area contributed by atoms with Crippen LogP contribution in [0.4, 0.5) is 0 Å². The standard InChI is InChI=1S/C4H12N2O3/c1-2-3(5,7)4(6,8)9/h7-9H,2,5-6H2,1H3. The van der Waals surface area contributed by atoms with E-state index in [1.54, 1.807) is 0 Å². The molecule has 0 amide bonds. The number of nitrogens with two attached hydrogens (primary N) is 2. The third-order valence-electron chi connectivity index (χ3n) is 1.18. The molecular weight excluding hydrogens is 124 g/mol. The van der Waals surface area contributed by atoms with Crippen molar-refractivity contribution in [2.75, 3.05) is 0 Å². The smallest absolute Gasteiger partial charge is 0.264 e. The Bertz CT molecular complexity index is 96.5. The van der Waals surface area contributed by atoms with Crippen LogP contribution in [0.1, 0.15) is 13.3 Å². The normalized spacial score (nSPS) is 19.3. The van der Waals surface area contributed by atoms with Crippen LogP contribution in [0.3, 0.4) is 0 Å². The fourth-order valence-electron chi connectivity index (χ4n) is 0.260. The Balaban J connectivity index is 4.14. The molecule has 0 aromatic carbocycles. The molecule has 0 radical (unpaired) electrons. The zero-order valence-corrected chi connectivity index (χ0v) is 5.20. The average Bonchev–Trinajstić information content (AvgIpc) is 1.64. The quantitative estimate of drug-likeness (QED) is 0.272. The van der Waals surface area contributed by atoms with E-state index in [0.717, 1.165) is 0 Å². The summed E-state index contributed by atoms with van der Waals surface area (Å²) in [6.07, 6.45) is -0.0312. The van der Waals surface area contributed by atoms with Gasteiger partial charge in [-0.2, -0.15) is 0 Å². The Morgan fingerprint density at radius 1 is 1.22 bits per heavy atom. The van der Waals surface area contributed by atoms with E-state index in [4.69, 9.17) is 21.1 Å². The largest absolute Gasteiger partial charge is 0.370 e. The fourth-order valence-corrected chi connectivity index (χ4v) is 0.260. The van der Waals surface area contributed by atoms with Crippen molar-refractivity contribution in [3.63, 3.8) is 0 Å². The molecule has 0 aliphatic heterocycles. The van der Waals surface area contributed by atoms with Crippen molar-refractivity contribution in [2.45, 2.75) is 25.0 Å². The van der Waals surface area contributed by atoms with E-state index in [0.29, 0.717) is 0 Å². The van der Waals surface area contributed by atoms with Crippen LogP contribution >= 0.6 is 0 Å². The summed E-state index contributed by atoms with van der Waals surface area (Å²) in [5.41, 5.74) is 7.45. The van der Waals surface area contributed by atoms with Crippen LogP contribution in [0.5, 0.6) is 0 Å². The molecule has 9 heavy (non-hydrogen) atoms. The van der Waals surface area contributed by atoms with Crippen LogP contribution in [0.2, 0.25) is 0 Å². The molecule has 0 aromatic heterocycles. The molecule has 0 saturated carbocycles. The van der Waals surface area contributed by atoms with Gasteiger partial charge in [0.15, 0.2) is 5.72 Å². The van der Waals surface area contributed by atoms with Crippen LogP contribution in [0.25, 0.3) is 0 Å². The fraction of sp³-hybridized carbons (Fsp3) is 1.00. The minimum atomic E-state index is -2.72. The van der Waals surface area contributed by atoms with Gasteiger partial charge >= 0.3 is 0 Å². The first-order valence-corrected chi connectivity index (χ1v) is 2.56. The molecule has 0 aliphatic carbocycles. The Kier molecular flexibility index (Phi) is 2.15. The molecule has 0 heterocycles. The van der Waals surface area contributed by atoms with Crippen molar-refractivity contribution in [2.24, 2.45) is 11.5 Å². The van der Waals surface area contributed by atoms with Crippen molar-refractivity contribution in [1.82, 2.24) is 0 Å². The summed E-state index contributed by atoms with van der Waals surface area (Å²) in [7, 11) is 0. The summed E-state index contributed by atoms with van der Waals surface area (Å²) in [5, 5.41) is 25.8. The minimum absolute atomic E-state index is 0.0312. The Hall–Kier alpha value is -0.200. The van der Waals surface area contributed by atoms with Gasteiger partial charge in [-0.1, -0.05) is 6.92 Å². The van der Waals surface area contributed by atoms with Gasteiger partial charge in [0, 0.05) is 0 Å². The lowest BCUT2D eigenvalue weighted by Crippen LogP contribution is -2.65. The van der Waals surface area contributed by atoms with Crippen LogP contribution in [-0.2, 0) is 0 Å².